The molecule has 82 valence electrons. The molecule has 1 saturated carbocycles. The van der Waals surface area contributed by atoms with Gasteiger partial charge in [-0.1, -0.05) is 25.3 Å². The molecule has 3 nitrogen and oxygen atoms in total. The third-order valence-electron chi connectivity index (χ3n) is 3.14. The lowest BCUT2D eigenvalue weighted by molar-refractivity contribution is -0.124. The Kier molecular flexibility index (Phi) is 3.05. The van der Waals surface area contributed by atoms with Crippen molar-refractivity contribution in [2.24, 2.45) is 0 Å². The third-order valence-corrected chi connectivity index (χ3v) is 3.44. The van der Waals surface area contributed by atoms with Gasteiger partial charge in [-0.3, -0.25) is 9.69 Å². The third kappa shape index (κ3) is 1.91. The second kappa shape index (κ2) is 4.31. The number of hydrogen-bond acceptors (Lipinski definition) is 2. The zero-order valence-electron chi connectivity index (χ0n) is 8.95. The maximum Gasteiger partial charge on any atom is 0.276 e. The normalized spacial score (nSPS) is 26.2. The lowest BCUT2D eigenvalue weighted by atomic mass is 9.94. The predicted molar refractivity (Wildman–Crippen MR) is 63.2 cm³/mol. The molecule has 0 aromatic rings. The van der Waals surface area contributed by atoms with E-state index in [1.807, 2.05) is 6.92 Å². The topological polar surface area (TPSA) is 32.3 Å². The van der Waals surface area contributed by atoms with Crippen LogP contribution in [0.2, 0.25) is 0 Å². The summed E-state index contributed by atoms with van der Waals surface area (Å²) < 4.78 is 0. The first-order chi connectivity index (χ1) is 7.24. The summed E-state index contributed by atoms with van der Waals surface area (Å²) in [4.78, 5) is 13.7. The Morgan fingerprint density at radius 1 is 1.40 bits per heavy atom. The fourth-order valence-corrected chi connectivity index (χ4v) is 2.66. The molecule has 1 aliphatic heterocycles. The summed E-state index contributed by atoms with van der Waals surface area (Å²) in [5.74, 6) is 0.0504. The van der Waals surface area contributed by atoms with Crippen LogP contribution in [0.1, 0.15) is 39.0 Å². The molecule has 2 aliphatic rings. The van der Waals surface area contributed by atoms with Crippen molar-refractivity contribution >= 4 is 23.2 Å². The molecule has 0 atom stereocenters. The second-order valence-corrected chi connectivity index (χ2v) is 4.49. The predicted octanol–water partition coefficient (Wildman–Crippen LogP) is 1.94. The van der Waals surface area contributed by atoms with Crippen molar-refractivity contribution in [3.63, 3.8) is 0 Å². The lowest BCUT2D eigenvalue weighted by Crippen LogP contribution is -2.41. The smallest absolute Gasteiger partial charge is 0.276 e. The highest BCUT2D eigenvalue weighted by molar-refractivity contribution is 7.80. The van der Waals surface area contributed by atoms with Crippen molar-refractivity contribution in [3.05, 3.63) is 11.8 Å². The minimum absolute atomic E-state index is 0.0504. The molecule has 2 fully saturated rings. The number of nitrogens with zero attached hydrogens (tertiary/aromatic N) is 1. The molecule has 1 aliphatic carbocycles. The fraction of sp³-hybridized carbons (Fsp3) is 0.636. The Morgan fingerprint density at radius 3 is 2.60 bits per heavy atom. The van der Waals surface area contributed by atoms with Crippen molar-refractivity contribution < 1.29 is 4.79 Å². The fourth-order valence-electron chi connectivity index (χ4n) is 2.32. The molecule has 4 heteroatoms. The van der Waals surface area contributed by atoms with Crippen molar-refractivity contribution in [2.45, 2.75) is 45.1 Å². The van der Waals surface area contributed by atoms with E-state index in [2.05, 4.69) is 5.32 Å². The van der Waals surface area contributed by atoms with Gasteiger partial charge in [-0.2, -0.15) is 0 Å². The molecular weight excluding hydrogens is 208 g/mol. The molecule has 0 unspecified atom stereocenters. The molecule has 2 rings (SSSR count). The standard InChI is InChI=1S/C11H16N2OS/c1-2-9-10(14)13(11(15)12-9)8-6-4-3-5-7-8/h2,8H,3-7H2,1H3,(H,12,15). The molecule has 0 radical (unpaired) electrons. The van der Waals surface area contributed by atoms with Gasteiger partial charge in [-0.25, -0.2) is 0 Å². The van der Waals surface area contributed by atoms with E-state index >= 15 is 0 Å². The number of carbonyl (C=O) groups excluding carboxylic acids is 1. The average Bonchev–Trinajstić information content (AvgIpc) is 2.55. The highest BCUT2D eigenvalue weighted by Gasteiger charge is 2.35. The number of allylic oxidation sites excluding steroid dienone is 1. The van der Waals surface area contributed by atoms with Gasteiger partial charge in [0.15, 0.2) is 5.11 Å². The number of thiocarbonyl (C=S) groups is 1. The van der Waals surface area contributed by atoms with Crippen LogP contribution in [0.3, 0.4) is 0 Å². The summed E-state index contributed by atoms with van der Waals surface area (Å²) in [5, 5.41) is 3.55. The summed E-state index contributed by atoms with van der Waals surface area (Å²) in [6.07, 6.45) is 7.67. The molecule has 0 aromatic carbocycles. The van der Waals surface area contributed by atoms with Crippen LogP contribution in [-0.4, -0.2) is 22.0 Å². The van der Waals surface area contributed by atoms with Gasteiger partial charge in [-0.05, 0) is 32.0 Å². The van der Waals surface area contributed by atoms with Gasteiger partial charge >= 0.3 is 0 Å². The van der Waals surface area contributed by atoms with Crippen molar-refractivity contribution in [3.8, 4) is 0 Å². The zero-order valence-corrected chi connectivity index (χ0v) is 9.77. The molecule has 0 spiro atoms. The van der Waals surface area contributed by atoms with Gasteiger partial charge in [0.2, 0.25) is 0 Å². The maximum atomic E-state index is 12.0. The zero-order chi connectivity index (χ0) is 10.8. The van der Waals surface area contributed by atoms with Gasteiger partial charge in [0.05, 0.1) is 0 Å². The van der Waals surface area contributed by atoms with Crippen molar-refractivity contribution in [1.82, 2.24) is 10.2 Å². The minimum Gasteiger partial charge on any atom is -0.328 e. The van der Waals surface area contributed by atoms with Gasteiger partial charge in [0.25, 0.3) is 5.91 Å². The quantitative estimate of drug-likeness (QED) is 0.546. The van der Waals surface area contributed by atoms with Crippen LogP contribution in [0.5, 0.6) is 0 Å². The number of carbonyl (C=O) groups is 1. The highest BCUT2D eigenvalue weighted by atomic mass is 32.1. The van der Waals surface area contributed by atoms with Crippen LogP contribution in [0.15, 0.2) is 11.8 Å². The van der Waals surface area contributed by atoms with E-state index in [0.717, 1.165) is 12.8 Å². The summed E-state index contributed by atoms with van der Waals surface area (Å²) in [6, 6.07) is 0.323. The van der Waals surface area contributed by atoms with Crippen molar-refractivity contribution in [2.75, 3.05) is 0 Å². The second-order valence-electron chi connectivity index (χ2n) is 4.10. The molecule has 1 saturated heterocycles. The van der Waals surface area contributed by atoms with Crippen LogP contribution in [0.25, 0.3) is 0 Å². The highest BCUT2D eigenvalue weighted by Crippen LogP contribution is 2.26. The summed E-state index contributed by atoms with van der Waals surface area (Å²) in [7, 11) is 0. The number of amides is 1. The Balaban J connectivity index is 2.14. The number of nitrogens with one attached hydrogen (secondary N) is 1. The van der Waals surface area contributed by atoms with Crippen LogP contribution in [-0.2, 0) is 4.79 Å². The van der Waals surface area contributed by atoms with Gasteiger partial charge in [0.1, 0.15) is 5.70 Å². The summed E-state index contributed by atoms with van der Waals surface area (Å²) >= 11 is 5.19. The first-order valence-corrected chi connectivity index (χ1v) is 5.95. The van der Waals surface area contributed by atoms with Gasteiger partial charge in [0, 0.05) is 6.04 Å². The van der Waals surface area contributed by atoms with E-state index in [4.69, 9.17) is 12.2 Å². The number of rotatable bonds is 1. The number of hydrogen-bond donors (Lipinski definition) is 1. The van der Waals surface area contributed by atoms with Gasteiger partial charge in [-0.15, -0.1) is 0 Å². The van der Waals surface area contributed by atoms with E-state index in [1.165, 1.54) is 19.3 Å². The van der Waals surface area contributed by atoms with Crippen LogP contribution >= 0.6 is 12.2 Å². The van der Waals surface area contributed by atoms with Crippen LogP contribution < -0.4 is 5.32 Å². The van der Waals surface area contributed by atoms with E-state index in [-0.39, 0.29) is 5.91 Å². The van der Waals surface area contributed by atoms with Crippen LogP contribution in [0.4, 0.5) is 0 Å². The largest absolute Gasteiger partial charge is 0.328 e. The SMILES string of the molecule is CC=C1NC(=S)N(C2CCCCC2)C1=O. The van der Waals surface area contributed by atoms with E-state index in [9.17, 15) is 4.79 Å². The van der Waals surface area contributed by atoms with Gasteiger partial charge < -0.3 is 5.32 Å². The Bertz CT molecular complexity index is 319. The molecule has 1 N–H and O–H groups in total. The molecule has 1 amide bonds. The van der Waals surface area contributed by atoms with E-state index in [0.29, 0.717) is 16.9 Å². The van der Waals surface area contributed by atoms with E-state index in [1.54, 1.807) is 11.0 Å². The summed E-state index contributed by atoms with van der Waals surface area (Å²) in [5.41, 5.74) is 0.630. The molecule has 1 heterocycles. The lowest BCUT2D eigenvalue weighted by Gasteiger charge is -2.29. The summed E-state index contributed by atoms with van der Waals surface area (Å²) in [6.45, 7) is 1.85. The average molecular weight is 224 g/mol. The van der Waals surface area contributed by atoms with Crippen molar-refractivity contribution in [1.29, 1.82) is 0 Å². The van der Waals surface area contributed by atoms with E-state index < -0.39 is 0 Å². The Labute approximate surface area is 95.5 Å². The Morgan fingerprint density at radius 2 is 2.07 bits per heavy atom. The Hall–Kier alpha value is -0.900. The molecule has 0 aromatic heterocycles. The molecule has 0 bridgehead atoms. The maximum absolute atomic E-state index is 12.0. The monoisotopic (exact) mass is 224 g/mol. The molecule has 15 heavy (non-hydrogen) atoms. The minimum atomic E-state index is 0.0504. The molecular formula is C11H16N2OS. The first kappa shape index (κ1) is 10.6. The first-order valence-electron chi connectivity index (χ1n) is 5.55. The van der Waals surface area contributed by atoms with Crippen LogP contribution in [0, 0.1) is 0 Å².